The molecule has 88 valence electrons. The van der Waals surface area contributed by atoms with Crippen molar-refractivity contribution < 1.29 is 14.6 Å². The number of aliphatic hydroxyl groups is 1. The van der Waals surface area contributed by atoms with Gasteiger partial charge in [-0.1, -0.05) is 11.6 Å². The van der Waals surface area contributed by atoms with Gasteiger partial charge < -0.3 is 15.6 Å². The fourth-order valence-electron chi connectivity index (χ4n) is 1.82. The minimum absolute atomic E-state index is 0.0472. The van der Waals surface area contributed by atoms with Crippen molar-refractivity contribution >= 4 is 28.8 Å². The number of aliphatic hydroxyl groups excluding tert-OH is 1. The number of ether oxygens (including phenoxy) is 1. The highest BCUT2D eigenvalue weighted by Crippen LogP contribution is 2.41. The van der Waals surface area contributed by atoms with Gasteiger partial charge in [0.1, 0.15) is 4.88 Å². The van der Waals surface area contributed by atoms with Crippen LogP contribution in [0.3, 0.4) is 0 Å². The second-order valence-corrected chi connectivity index (χ2v) is 5.00. The standard InChI is InChI=1S/C10H12ClNO3S/c11-7-5-2-4-15-6(1-3-13)8(5)16-9(7)10(12)14/h6,13H,1-4H2,(H2,12,14). The molecule has 2 rings (SSSR count). The van der Waals surface area contributed by atoms with Gasteiger partial charge >= 0.3 is 0 Å². The van der Waals surface area contributed by atoms with Crippen molar-refractivity contribution in [2.24, 2.45) is 5.73 Å². The fraction of sp³-hybridized carbons (Fsp3) is 0.500. The van der Waals surface area contributed by atoms with Crippen LogP contribution in [0.1, 0.15) is 32.6 Å². The van der Waals surface area contributed by atoms with E-state index in [1.54, 1.807) is 0 Å². The predicted octanol–water partition coefficient (Wildman–Crippen LogP) is 1.50. The van der Waals surface area contributed by atoms with Crippen LogP contribution in [0.15, 0.2) is 0 Å². The van der Waals surface area contributed by atoms with Crippen LogP contribution in [0, 0.1) is 0 Å². The lowest BCUT2D eigenvalue weighted by molar-refractivity contribution is 0.0283. The highest BCUT2D eigenvalue weighted by molar-refractivity contribution is 7.15. The molecule has 1 aliphatic heterocycles. The second-order valence-electron chi connectivity index (χ2n) is 3.57. The Balaban J connectivity index is 2.41. The lowest BCUT2D eigenvalue weighted by Gasteiger charge is -2.22. The maximum Gasteiger partial charge on any atom is 0.260 e. The van der Waals surface area contributed by atoms with Crippen molar-refractivity contribution in [1.82, 2.24) is 0 Å². The third-order valence-corrected chi connectivity index (χ3v) is 4.42. The van der Waals surface area contributed by atoms with Gasteiger partial charge in [-0.2, -0.15) is 0 Å². The van der Waals surface area contributed by atoms with Crippen molar-refractivity contribution in [3.8, 4) is 0 Å². The Kier molecular flexibility index (Phi) is 3.49. The summed E-state index contributed by atoms with van der Waals surface area (Å²) in [5.41, 5.74) is 6.19. The topological polar surface area (TPSA) is 72.6 Å². The van der Waals surface area contributed by atoms with Gasteiger partial charge in [-0.15, -0.1) is 11.3 Å². The first-order chi connectivity index (χ1) is 7.65. The van der Waals surface area contributed by atoms with Crippen LogP contribution in [0.5, 0.6) is 0 Å². The molecule has 16 heavy (non-hydrogen) atoms. The Bertz CT molecular complexity index is 418. The van der Waals surface area contributed by atoms with E-state index in [0.29, 0.717) is 29.3 Å². The Hall–Kier alpha value is -0.620. The molecule has 1 aromatic rings. The van der Waals surface area contributed by atoms with Gasteiger partial charge in [-0.3, -0.25) is 4.79 Å². The third kappa shape index (κ3) is 1.96. The molecule has 0 saturated carbocycles. The zero-order chi connectivity index (χ0) is 11.7. The Labute approximate surface area is 102 Å². The van der Waals surface area contributed by atoms with Crippen molar-refractivity contribution in [3.63, 3.8) is 0 Å². The minimum atomic E-state index is -0.507. The summed E-state index contributed by atoms with van der Waals surface area (Å²) in [5, 5.41) is 9.39. The molecule has 0 aliphatic carbocycles. The normalized spacial score (nSPS) is 19.5. The van der Waals surface area contributed by atoms with Crippen LogP contribution in [0.4, 0.5) is 0 Å². The number of fused-ring (bicyclic) bond motifs is 1. The first kappa shape index (κ1) is 11.9. The van der Waals surface area contributed by atoms with Crippen molar-refractivity contribution in [2.75, 3.05) is 13.2 Å². The Morgan fingerprint density at radius 2 is 2.44 bits per heavy atom. The number of halogens is 1. The molecule has 0 aromatic carbocycles. The number of thiophene rings is 1. The smallest absolute Gasteiger partial charge is 0.260 e. The molecule has 0 fully saturated rings. The summed E-state index contributed by atoms with van der Waals surface area (Å²) in [4.78, 5) is 12.5. The average molecular weight is 262 g/mol. The number of primary amides is 1. The molecule has 4 nitrogen and oxygen atoms in total. The number of carbonyl (C=O) groups is 1. The van der Waals surface area contributed by atoms with Crippen LogP contribution in [0.2, 0.25) is 5.02 Å². The highest BCUT2D eigenvalue weighted by atomic mass is 35.5. The van der Waals surface area contributed by atoms with Gasteiger partial charge in [0.15, 0.2) is 0 Å². The van der Waals surface area contributed by atoms with Gasteiger partial charge in [0.2, 0.25) is 0 Å². The number of nitrogens with two attached hydrogens (primary N) is 1. The molecule has 0 saturated heterocycles. The second kappa shape index (κ2) is 4.71. The molecule has 6 heteroatoms. The number of rotatable bonds is 3. The monoisotopic (exact) mass is 261 g/mol. The van der Waals surface area contributed by atoms with Gasteiger partial charge in [-0.05, 0) is 12.0 Å². The molecular formula is C10H12ClNO3S. The maximum atomic E-state index is 11.2. The summed E-state index contributed by atoms with van der Waals surface area (Å²) in [6.07, 6.45) is 1.05. The first-order valence-corrected chi connectivity index (χ1v) is 6.18. The van der Waals surface area contributed by atoms with Crippen LogP contribution >= 0.6 is 22.9 Å². The van der Waals surface area contributed by atoms with E-state index in [1.807, 2.05) is 0 Å². The Morgan fingerprint density at radius 1 is 1.69 bits per heavy atom. The first-order valence-electron chi connectivity index (χ1n) is 4.98. The summed E-state index contributed by atoms with van der Waals surface area (Å²) in [6.45, 7) is 0.609. The number of hydrogen-bond donors (Lipinski definition) is 2. The number of amides is 1. The molecule has 1 atom stereocenters. The minimum Gasteiger partial charge on any atom is -0.396 e. The summed E-state index contributed by atoms with van der Waals surface area (Å²) in [5.74, 6) is -0.507. The van der Waals surface area contributed by atoms with E-state index in [-0.39, 0.29) is 12.7 Å². The summed E-state index contributed by atoms with van der Waals surface area (Å²) < 4.78 is 5.53. The molecular weight excluding hydrogens is 250 g/mol. The van der Waals surface area contributed by atoms with Gasteiger partial charge in [0.25, 0.3) is 5.91 Å². The molecule has 0 bridgehead atoms. The zero-order valence-electron chi connectivity index (χ0n) is 8.53. The fourth-order valence-corrected chi connectivity index (χ4v) is 3.46. The number of carbonyl (C=O) groups excluding carboxylic acids is 1. The molecule has 3 N–H and O–H groups in total. The van der Waals surface area contributed by atoms with E-state index in [2.05, 4.69) is 0 Å². The average Bonchev–Trinajstić information content (AvgIpc) is 2.58. The number of hydrogen-bond acceptors (Lipinski definition) is 4. The molecule has 1 aliphatic rings. The van der Waals surface area contributed by atoms with Gasteiger partial charge in [-0.25, -0.2) is 0 Å². The van der Waals surface area contributed by atoms with E-state index in [1.165, 1.54) is 11.3 Å². The molecule has 1 aromatic heterocycles. The predicted molar refractivity (Wildman–Crippen MR) is 61.9 cm³/mol. The summed E-state index contributed by atoms with van der Waals surface area (Å²) in [6, 6.07) is 0. The molecule has 1 unspecified atom stereocenters. The van der Waals surface area contributed by atoms with Gasteiger partial charge in [0, 0.05) is 17.9 Å². The lowest BCUT2D eigenvalue weighted by atomic mass is 10.1. The molecule has 1 amide bonds. The molecule has 2 heterocycles. The highest BCUT2D eigenvalue weighted by Gasteiger charge is 2.28. The lowest BCUT2D eigenvalue weighted by Crippen LogP contribution is -2.15. The van der Waals surface area contributed by atoms with Crippen LogP contribution in [-0.4, -0.2) is 24.2 Å². The van der Waals surface area contributed by atoms with Crippen molar-refractivity contribution in [1.29, 1.82) is 0 Å². The summed E-state index contributed by atoms with van der Waals surface area (Å²) >= 11 is 7.37. The maximum absolute atomic E-state index is 11.2. The van der Waals surface area contributed by atoms with Gasteiger partial charge in [0.05, 0.1) is 17.7 Å². The van der Waals surface area contributed by atoms with Crippen LogP contribution in [-0.2, 0) is 11.2 Å². The van der Waals surface area contributed by atoms with Crippen LogP contribution < -0.4 is 5.73 Å². The van der Waals surface area contributed by atoms with Crippen molar-refractivity contribution in [2.45, 2.75) is 18.9 Å². The molecule has 0 spiro atoms. The van der Waals surface area contributed by atoms with Crippen molar-refractivity contribution in [3.05, 3.63) is 20.3 Å². The molecule has 0 radical (unpaired) electrons. The summed E-state index contributed by atoms with van der Waals surface area (Å²) in [7, 11) is 0. The van der Waals surface area contributed by atoms with Crippen LogP contribution in [0.25, 0.3) is 0 Å². The third-order valence-electron chi connectivity index (χ3n) is 2.55. The Morgan fingerprint density at radius 3 is 3.06 bits per heavy atom. The van der Waals surface area contributed by atoms with E-state index in [9.17, 15) is 4.79 Å². The largest absolute Gasteiger partial charge is 0.396 e. The SMILES string of the molecule is NC(=O)c1sc2c(c1Cl)CCOC2CCO. The zero-order valence-corrected chi connectivity index (χ0v) is 10.1. The van der Waals surface area contributed by atoms with E-state index in [0.717, 1.165) is 10.4 Å². The van der Waals surface area contributed by atoms with E-state index < -0.39 is 5.91 Å². The quantitative estimate of drug-likeness (QED) is 0.866. The van der Waals surface area contributed by atoms with E-state index in [4.69, 9.17) is 27.2 Å². The van der Waals surface area contributed by atoms with E-state index >= 15 is 0 Å².